The number of halogens is 2. The van der Waals surface area contributed by atoms with Gasteiger partial charge in [0.2, 0.25) is 0 Å². The van der Waals surface area contributed by atoms with E-state index in [1.807, 2.05) is 0 Å². The number of rotatable bonds is 4. The Hall–Kier alpha value is -1.05. The predicted molar refractivity (Wildman–Crippen MR) is 90.1 cm³/mol. The molecule has 0 aliphatic carbocycles. The quantitative estimate of drug-likeness (QED) is 0.743. The van der Waals surface area contributed by atoms with E-state index in [-0.39, 0.29) is 10.6 Å². The summed E-state index contributed by atoms with van der Waals surface area (Å²) in [5, 5.41) is 0. The highest BCUT2D eigenvalue weighted by Crippen LogP contribution is 2.30. The summed E-state index contributed by atoms with van der Waals surface area (Å²) in [6, 6.07) is 9.88. The summed E-state index contributed by atoms with van der Waals surface area (Å²) in [4.78, 5) is 0.214. The summed E-state index contributed by atoms with van der Waals surface area (Å²) in [7, 11) is -1.96. The van der Waals surface area contributed by atoms with Crippen LogP contribution in [0.15, 0.2) is 50.2 Å². The number of anilines is 1. The van der Waals surface area contributed by atoms with Gasteiger partial charge in [-0.15, -0.1) is 0 Å². The van der Waals surface area contributed by atoms with Crippen molar-refractivity contribution in [1.82, 2.24) is 0 Å². The smallest absolute Gasteiger partial charge is 0.183 e. The van der Waals surface area contributed by atoms with Crippen LogP contribution in [0.4, 0.5) is 5.69 Å². The molecule has 21 heavy (non-hydrogen) atoms. The molecule has 0 unspecified atom stereocenters. The maximum atomic E-state index is 12.6. The van der Waals surface area contributed by atoms with Crippen LogP contribution in [-0.4, -0.2) is 15.5 Å². The number of hydrogen-bond donors (Lipinski definition) is 1. The second-order valence-corrected chi connectivity index (χ2v) is 8.07. The molecule has 0 aliphatic rings. The van der Waals surface area contributed by atoms with Crippen molar-refractivity contribution in [2.75, 3.05) is 12.8 Å². The minimum absolute atomic E-state index is 0.132. The Morgan fingerprint density at radius 3 is 2.43 bits per heavy atom. The molecule has 0 radical (unpaired) electrons. The Morgan fingerprint density at radius 1 is 1.10 bits per heavy atom. The third kappa shape index (κ3) is 3.78. The van der Waals surface area contributed by atoms with Crippen molar-refractivity contribution >= 4 is 47.4 Å². The lowest BCUT2D eigenvalue weighted by Gasteiger charge is -2.10. The molecule has 112 valence electrons. The summed E-state index contributed by atoms with van der Waals surface area (Å²) in [5.41, 5.74) is 6.78. The van der Waals surface area contributed by atoms with Crippen molar-refractivity contribution in [3.8, 4) is 5.75 Å². The fraction of sp³-hybridized carbons (Fsp3) is 0.143. The Balaban J connectivity index is 2.42. The molecule has 2 N–H and O–H groups in total. The van der Waals surface area contributed by atoms with E-state index >= 15 is 0 Å². The topological polar surface area (TPSA) is 69.4 Å². The van der Waals surface area contributed by atoms with Crippen LogP contribution in [0.1, 0.15) is 5.56 Å². The van der Waals surface area contributed by atoms with Gasteiger partial charge in [-0.25, -0.2) is 8.42 Å². The molecule has 2 aromatic carbocycles. The van der Waals surface area contributed by atoms with Crippen LogP contribution in [-0.2, 0) is 15.6 Å². The van der Waals surface area contributed by atoms with Gasteiger partial charge < -0.3 is 10.5 Å². The van der Waals surface area contributed by atoms with E-state index in [4.69, 9.17) is 10.5 Å². The number of nitrogens with two attached hydrogens (primary N) is 1. The van der Waals surface area contributed by atoms with Gasteiger partial charge in [-0.3, -0.25) is 0 Å². The highest BCUT2D eigenvalue weighted by atomic mass is 79.9. The van der Waals surface area contributed by atoms with Crippen molar-refractivity contribution in [2.45, 2.75) is 10.6 Å². The second kappa shape index (κ2) is 6.37. The summed E-state index contributed by atoms with van der Waals surface area (Å²) < 4.78 is 31.4. The highest BCUT2D eigenvalue weighted by molar-refractivity contribution is 9.10. The van der Waals surface area contributed by atoms with Crippen LogP contribution in [0, 0.1) is 0 Å². The van der Waals surface area contributed by atoms with Crippen molar-refractivity contribution < 1.29 is 13.2 Å². The molecular weight excluding hydrogens is 422 g/mol. The zero-order valence-corrected chi connectivity index (χ0v) is 15.1. The van der Waals surface area contributed by atoms with Crippen molar-refractivity contribution in [3.05, 3.63) is 50.9 Å². The molecule has 0 spiro atoms. The number of ether oxygens (including phenoxy) is 1. The van der Waals surface area contributed by atoms with E-state index in [1.54, 1.807) is 30.3 Å². The highest BCUT2D eigenvalue weighted by Gasteiger charge is 2.20. The van der Waals surface area contributed by atoms with Crippen molar-refractivity contribution in [2.24, 2.45) is 0 Å². The molecule has 0 aliphatic heterocycles. The van der Waals surface area contributed by atoms with Crippen molar-refractivity contribution in [3.63, 3.8) is 0 Å². The van der Waals surface area contributed by atoms with Gasteiger partial charge in [-0.05, 0) is 57.9 Å². The molecule has 0 saturated heterocycles. The Morgan fingerprint density at radius 2 is 1.81 bits per heavy atom. The third-order valence-corrected chi connectivity index (χ3v) is 6.30. The van der Waals surface area contributed by atoms with Crippen LogP contribution in [0.3, 0.4) is 0 Å². The van der Waals surface area contributed by atoms with Gasteiger partial charge >= 0.3 is 0 Å². The van der Waals surface area contributed by atoms with Crippen LogP contribution in [0.5, 0.6) is 5.75 Å². The van der Waals surface area contributed by atoms with E-state index in [9.17, 15) is 8.42 Å². The number of hydrogen-bond acceptors (Lipinski definition) is 4. The first-order chi connectivity index (χ1) is 9.83. The van der Waals surface area contributed by atoms with Crippen LogP contribution >= 0.6 is 31.9 Å². The maximum Gasteiger partial charge on any atom is 0.183 e. The lowest BCUT2D eigenvalue weighted by molar-refractivity contribution is 0.414. The van der Waals surface area contributed by atoms with Gasteiger partial charge in [-0.1, -0.05) is 15.9 Å². The number of sulfone groups is 1. The van der Waals surface area contributed by atoms with Gasteiger partial charge in [0.1, 0.15) is 5.75 Å². The van der Waals surface area contributed by atoms with Gasteiger partial charge in [0.15, 0.2) is 9.84 Å². The summed E-state index contributed by atoms with van der Waals surface area (Å²) in [6.45, 7) is 0. The molecular formula is C14H13Br2NO3S. The monoisotopic (exact) mass is 433 g/mol. The van der Waals surface area contributed by atoms with Gasteiger partial charge in [0.05, 0.1) is 17.8 Å². The van der Waals surface area contributed by atoms with E-state index in [1.165, 1.54) is 13.2 Å². The number of nitrogen functional groups attached to an aromatic ring is 1. The van der Waals surface area contributed by atoms with Gasteiger partial charge in [0, 0.05) is 14.6 Å². The molecule has 4 nitrogen and oxygen atoms in total. The minimum Gasteiger partial charge on any atom is -0.497 e. The molecule has 0 saturated carbocycles. The fourth-order valence-corrected chi connectivity index (χ4v) is 4.98. The van der Waals surface area contributed by atoms with Crippen LogP contribution < -0.4 is 10.5 Å². The maximum absolute atomic E-state index is 12.6. The normalized spacial score (nSPS) is 11.4. The number of benzene rings is 2. The predicted octanol–water partition coefficient (Wildman–Crippen LogP) is 3.78. The molecule has 7 heteroatoms. The molecule has 0 aromatic heterocycles. The largest absolute Gasteiger partial charge is 0.497 e. The SMILES string of the molecule is COc1ccc(Br)c(CS(=O)(=O)c2ccc(N)cc2Br)c1. The standard InChI is InChI=1S/C14H13Br2NO3S/c1-20-11-3-4-12(15)9(6-11)8-21(18,19)14-5-2-10(17)7-13(14)16/h2-7H,8,17H2,1H3. The average Bonchev–Trinajstić information content (AvgIpc) is 2.40. The van der Waals surface area contributed by atoms with Gasteiger partial charge in [-0.2, -0.15) is 0 Å². The lowest BCUT2D eigenvalue weighted by atomic mass is 10.2. The first-order valence-corrected chi connectivity index (χ1v) is 9.17. The average molecular weight is 435 g/mol. The fourth-order valence-electron chi connectivity index (χ4n) is 1.84. The molecule has 0 amide bonds. The van der Waals surface area contributed by atoms with E-state index in [2.05, 4.69) is 31.9 Å². The first kappa shape index (κ1) is 16.3. The molecule has 2 aromatic rings. The minimum atomic E-state index is -3.50. The van der Waals surface area contributed by atoms with E-state index < -0.39 is 9.84 Å². The molecule has 2 rings (SSSR count). The lowest BCUT2D eigenvalue weighted by Crippen LogP contribution is -2.07. The first-order valence-electron chi connectivity index (χ1n) is 5.93. The molecule has 0 heterocycles. The van der Waals surface area contributed by atoms with Crippen molar-refractivity contribution in [1.29, 1.82) is 0 Å². The molecule has 0 fully saturated rings. The van der Waals surface area contributed by atoms with E-state index in [0.29, 0.717) is 21.5 Å². The van der Waals surface area contributed by atoms with E-state index in [0.717, 1.165) is 4.47 Å². The molecule has 0 atom stereocenters. The Kier molecular flexibility index (Phi) is 4.95. The summed E-state index contributed by atoms with van der Waals surface area (Å²) >= 11 is 6.61. The molecule has 0 bridgehead atoms. The zero-order valence-electron chi connectivity index (χ0n) is 11.1. The number of methoxy groups -OCH3 is 1. The summed E-state index contributed by atoms with van der Waals surface area (Å²) in [6.07, 6.45) is 0. The Labute approximate surface area is 140 Å². The second-order valence-electron chi connectivity index (χ2n) is 4.41. The Bertz CT molecular complexity index is 776. The summed E-state index contributed by atoms with van der Waals surface area (Å²) in [5.74, 6) is 0.479. The van der Waals surface area contributed by atoms with Crippen LogP contribution in [0.25, 0.3) is 0 Å². The van der Waals surface area contributed by atoms with Crippen LogP contribution in [0.2, 0.25) is 0 Å². The third-order valence-electron chi connectivity index (χ3n) is 2.89. The van der Waals surface area contributed by atoms with Gasteiger partial charge in [0.25, 0.3) is 0 Å². The zero-order chi connectivity index (χ0) is 15.6.